The number of nitrogens with zero attached hydrogens (tertiary/aromatic N) is 2. The summed E-state index contributed by atoms with van der Waals surface area (Å²) in [5.41, 5.74) is 9.32. The Morgan fingerprint density at radius 3 is 2.88 bits per heavy atom. The SMILES string of the molecule is Nc1n[nH]c2ccc(-c3cccc(I)c3)nc12. The maximum atomic E-state index is 5.75. The minimum atomic E-state index is 0.437. The lowest BCUT2D eigenvalue weighted by atomic mass is 10.1. The van der Waals surface area contributed by atoms with E-state index in [0.29, 0.717) is 5.82 Å². The molecule has 3 N–H and O–H groups in total. The monoisotopic (exact) mass is 336 g/mol. The lowest BCUT2D eigenvalue weighted by Crippen LogP contribution is -1.88. The van der Waals surface area contributed by atoms with E-state index in [0.717, 1.165) is 22.3 Å². The summed E-state index contributed by atoms with van der Waals surface area (Å²) < 4.78 is 1.18. The average Bonchev–Trinajstić information content (AvgIpc) is 2.71. The molecule has 0 aliphatic rings. The lowest BCUT2D eigenvalue weighted by Gasteiger charge is -2.01. The van der Waals surface area contributed by atoms with Gasteiger partial charge in [0.05, 0.1) is 11.2 Å². The van der Waals surface area contributed by atoms with Crippen LogP contribution in [0.25, 0.3) is 22.3 Å². The summed E-state index contributed by atoms with van der Waals surface area (Å²) >= 11 is 2.28. The van der Waals surface area contributed by atoms with Crippen molar-refractivity contribution in [3.8, 4) is 11.3 Å². The van der Waals surface area contributed by atoms with Crippen LogP contribution >= 0.6 is 22.6 Å². The highest BCUT2D eigenvalue weighted by molar-refractivity contribution is 14.1. The molecule has 2 aromatic heterocycles. The van der Waals surface area contributed by atoms with E-state index in [1.54, 1.807) is 0 Å². The summed E-state index contributed by atoms with van der Waals surface area (Å²) in [6.07, 6.45) is 0. The van der Waals surface area contributed by atoms with Crippen LogP contribution in [0.2, 0.25) is 0 Å². The van der Waals surface area contributed by atoms with E-state index in [4.69, 9.17) is 5.73 Å². The van der Waals surface area contributed by atoms with Crippen LogP contribution in [0.4, 0.5) is 5.82 Å². The number of nitrogens with one attached hydrogen (secondary N) is 1. The number of benzene rings is 1. The molecule has 2 heterocycles. The molecule has 3 aromatic rings. The minimum absolute atomic E-state index is 0.437. The van der Waals surface area contributed by atoms with Gasteiger partial charge in [0.2, 0.25) is 0 Å². The van der Waals surface area contributed by atoms with Gasteiger partial charge < -0.3 is 5.73 Å². The summed E-state index contributed by atoms with van der Waals surface area (Å²) in [5.74, 6) is 0.437. The van der Waals surface area contributed by atoms with Crippen molar-refractivity contribution in [3.05, 3.63) is 40.0 Å². The van der Waals surface area contributed by atoms with Crippen molar-refractivity contribution in [2.24, 2.45) is 0 Å². The molecule has 0 aliphatic carbocycles. The van der Waals surface area contributed by atoms with Gasteiger partial charge in [0.15, 0.2) is 5.82 Å². The van der Waals surface area contributed by atoms with Crippen molar-refractivity contribution in [2.75, 3.05) is 5.73 Å². The zero-order valence-electron chi connectivity index (χ0n) is 8.81. The Hall–Kier alpha value is -1.63. The Balaban J connectivity index is 2.20. The highest BCUT2D eigenvalue weighted by Crippen LogP contribution is 2.23. The first kappa shape index (κ1) is 10.5. The van der Waals surface area contributed by atoms with Crippen LogP contribution in [0.3, 0.4) is 0 Å². The number of aromatic amines is 1. The zero-order chi connectivity index (χ0) is 11.8. The van der Waals surface area contributed by atoms with Crippen LogP contribution in [-0.4, -0.2) is 15.2 Å². The number of nitrogens with two attached hydrogens (primary N) is 1. The average molecular weight is 336 g/mol. The van der Waals surface area contributed by atoms with E-state index in [9.17, 15) is 0 Å². The fraction of sp³-hybridized carbons (Fsp3) is 0. The van der Waals surface area contributed by atoms with Crippen molar-refractivity contribution in [3.63, 3.8) is 0 Å². The fourth-order valence-corrected chi connectivity index (χ4v) is 2.27. The molecule has 0 saturated heterocycles. The molecule has 4 nitrogen and oxygen atoms in total. The Morgan fingerprint density at radius 2 is 2.06 bits per heavy atom. The standard InChI is InChI=1S/C12H9IN4/c13-8-3-1-2-7(6-8)9-4-5-10-11(15-9)12(14)17-16-10/h1-6H,(H3,14,16,17). The van der Waals surface area contributed by atoms with E-state index in [2.05, 4.69) is 49.9 Å². The summed E-state index contributed by atoms with van der Waals surface area (Å²) in [6.45, 7) is 0. The smallest absolute Gasteiger partial charge is 0.171 e. The molecule has 84 valence electrons. The number of rotatable bonds is 1. The predicted octanol–water partition coefficient (Wildman–Crippen LogP) is 2.81. The number of halogens is 1. The molecular weight excluding hydrogens is 327 g/mol. The van der Waals surface area contributed by atoms with Crippen LogP contribution in [0.15, 0.2) is 36.4 Å². The van der Waals surface area contributed by atoms with Gasteiger partial charge in [-0.3, -0.25) is 5.10 Å². The molecule has 0 unspecified atom stereocenters. The normalized spacial score (nSPS) is 10.9. The van der Waals surface area contributed by atoms with E-state index >= 15 is 0 Å². The maximum absolute atomic E-state index is 5.75. The van der Waals surface area contributed by atoms with Gasteiger partial charge in [0.25, 0.3) is 0 Å². The van der Waals surface area contributed by atoms with Gasteiger partial charge in [-0.1, -0.05) is 12.1 Å². The highest BCUT2D eigenvalue weighted by Gasteiger charge is 2.06. The van der Waals surface area contributed by atoms with E-state index in [-0.39, 0.29) is 0 Å². The van der Waals surface area contributed by atoms with Crippen LogP contribution < -0.4 is 5.73 Å². The number of hydrogen-bond donors (Lipinski definition) is 2. The third kappa shape index (κ3) is 1.86. The number of H-pyrrole nitrogens is 1. The summed E-state index contributed by atoms with van der Waals surface area (Å²) in [5, 5.41) is 6.78. The number of anilines is 1. The molecule has 0 atom stereocenters. The van der Waals surface area contributed by atoms with E-state index in [1.807, 2.05) is 24.3 Å². The molecule has 0 radical (unpaired) electrons. The second-order valence-electron chi connectivity index (χ2n) is 3.71. The third-order valence-corrected chi connectivity index (χ3v) is 3.23. The van der Waals surface area contributed by atoms with Crippen LogP contribution in [-0.2, 0) is 0 Å². The molecule has 0 bridgehead atoms. The van der Waals surface area contributed by atoms with Crippen LogP contribution in [0, 0.1) is 3.57 Å². The summed E-state index contributed by atoms with van der Waals surface area (Å²) in [7, 11) is 0. The first-order valence-electron chi connectivity index (χ1n) is 5.10. The van der Waals surface area contributed by atoms with Crippen molar-refractivity contribution in [1.82, 2.24) is 15.2 Å². The largest absolute Gasteiger partial charge is 0.380 e. The first-order chi connectivity index (χ1) is 8.24. The molecule has 0 spiro atoms. The third-order valence-electron chi connectivity index (χ3n) is 2.56. The van der Waals surface area contributed by atoms with Crippen LogP contribution in [0.1, 0.15) is 0 Å². The summed E-state index contributed by atoms with van der Waals surface area (Å²) in [4.78, 5) is 4.52. The van der Waals surface area contributed by atoms with Gasteiger partial charge >= 0.3 is 0 Å². The molecule has 0 amide bonds. The van der Waals surface area contributed by atoms with Gasteiger partial charge in [-0.15, -0.1) is 0 Å². The van der Waals surface area contributed by atoms with Crippen molar-refractivity contribution < 1.29 is 0 Å². The van der Waals surface area contributed by atoms with Gasteiger partial charge in [-0.05, 0) is 46.9 Å². The minimum Gasteiger partial charge on any atom is -0.380 e. The van der Waals surface area contributed by atoms with Gasteiger partial charge in [-0.2, -0.15) is 5.10 Å². The number of aromatic nitrogens is 3. The molecule has 17 heavy (non-hydrogen) atoms. The number of fused-ring (bicyclic) bond motifs is 1. The zero-order valence-corrected chi connectivity index (χ0v) is 11.0. The number of nitrogen functional groups attached to an aromatic ring is 1. The quantitative estimate of drug-likeness (QED) is 0.672. The molecular formula is C12H9IN4. The molecule has 5 heteroatoms. The Bertz CT molecular complexity index is 690. The first-order valence-corrected chi connectivity index (χ1v) is 6.18. The molecule has 0 aliphatic heterocycles. The summed E-state index contributed by atoms with van der Waals surface area (Å²) in [6, 6.07) is 12.1. The Kier molecular flexibility index (Phi) is 2.47. The molecule has 0 saturated carbocycles. The fourth-order valence-electron chi connectivity index (χ4n) is 1.73. The molecule has 0 fully saturated rings. The lowest BCUT2D eigenvalue weighted by molar-refractivity contribution is 1.13. The van der Waals surface area contributed by atoms with Crippen molar-refractivity contribution in [1.29, 1.82) is 0 Å². The number of pyridine rings is 1. The highest BCUT2D eigenvalue weighted by atomic mass is 127. The van der Waals surface area contributed by atoms with Crippen LogP contribution in [0.5, 0.6) is 0 Å². The Labute approximate surface area is 111 Å². The molecule has 3 rings (SSSR count). The second-order valence-corrected chi connectivity index (χ2v) is 4.96. The van der Waals surface area contributed by atoms with E-state index < -0.39 is 0 Å². The van der Waals surface area contributed by atoms with Crippen molar-refractivity contribution >= 4 is 39.4 Å². The van der Waals surface area contributed by atoms with Gasteiger partial charge in [0, 0.05) is 9.13 Å². The van der Waals surface area contributed by atoms with Gasteiger partial charge in [-0.25, -0.2) is 4.98 Å². The number of hydrogen-bond acceptors (Lipinski definition) is 3. The topological polar surface area (TPSA) is 67.6 Å². The molecule has 1 aromatic carbocycles. The maximum Gasteiger partial charge on any atom is 0.171 e. The Morgan fingerprint density at radius 1 is 1.18 bits per heavy atom. The van der Waals surface area contributed by atoms with Crippen molar-refractivity contribution in [2.45, 2.75) is 0 Å². The predicted molar refractivity (Wildman–Crippen MR) is 76.5 cm³/mol. The van der Waals surface area contributed by atoms with Gasteiger partial charge in [0.1, 0.15) is 5.52 Å². The second kappa shape index (κ2) is 3.99. The van der Waals surface area contributed by atoms with E-state index in [1.165, 1.54) is 3.57 Å².